The van der Waals surface area contributed by atoms with Crippen molar-refractivity contribution in [3.63, 3.8) is 0 Å². The van der Waals surface area contributed by atoms with Gasteiger partial charge in [-0.25, -0.2) is 9.97 Å². The third-order valence-electron chi connectivity index (χ3n) is 5.28. The lowest BCUT2D eigenvalue weighted by atomic mass is 9.89. The number of hydrogen-bond donors (Lipinski definition) is 0. The molecule has 0 unspecified atom stereocenters. The van der Waals surface area contributed by atoms with Gasteiger partial charge in [-0.1, -0.05) is 6.42 Å². The minimum absolute atomic E-state index is 0.129. The molecule has 0 aromatic carbocycles. The Hall–Kier alpha value is -2.05. The topological polar surface area (TPSA) is 60.4 Å². The molecule has 1 spiro atoms. The van der Waals surface area contributed by atoms with E-state index < -0.39 is 0 Å². The second-order valence-electron chi connectivity index (χ2n) is 6.84. The Morgan fingerprint density at radius 2 is 2.04 bits per heavy atom. The minimum atomic E-state index is -0.129. The quantitative estimate of drug-likeness (QED) is 0.833. The standard InChI is InChI=1S/C19H24N4O2/c1-3-17(14-24-13-16-4-9-20-10-5-16)19(6-1)15-23(11-12-25-19)18-21-7-2-8-22-18/h2,4-5,7-10,17H,1,3,6,11-15H2/t17-,19-/m0/s1. The van der Waals surface area contributed by atoms with E-state index in [1.54, 1.807) is 24.8 Å². The number of morpholine rings is 1. The van der Waals surface area contributed by atoms with Crippen LogP contribution in [0.1, 0.15) is 24.8 Å². The second-order valence-corrected chi connectivity index (χ2v) is 6.84. The van der Waals surface area contributed by atoms with Crippen LogP contribution >= 0.6 is 0 Å². The van der Waals surface area contributed by atoms with Gasteiger partial charge in [0.05, 0.1) is 32.0 Å². The van der Waals surface area contributed by atoms with Gasteiger partial charge in [-0.2, -0.15) is 0 Å². The Balaban J connectivity index is 1.39. The molecule has 1 saturated heterocycles. The first-order valence-corrected chi connectivity index (χ1v) is 8.98. The highest BCUT2D eigenvalue weighted by Crippen LogP contribution is 2.41. The molecule has 4 rings (SSSR count). The summed E-state index contributed by atoms with van der Waals surface area (Å²) in [7, 11) is 0. The fourth-order valence-electron chi connectivity index (χ4n) is 3.98. The van der Waals surface area contributed by atoms with Gasteiger partial charge in [0.25, 0.3) is 0 Å². The lowest BCUT2D eigenvalue weighted by molar-refractivity contribution is -0.101. The highest BCUT2D eigenvalue weighted by molar-refractivity contribution is 5.31. The second kappa shape index (κ2) is 7.45. The molecule has 1 aliphatic heterocycles. The average Bonchev–Trinajstić information content (AvgIpc) is 3.05. The number of rotatable bonds is 5. The monoisotopic (exact) mass is 340 g/mol. The first kappa shape index (κ1) is 16.4. The Morgan fingerprint density at radius 1 is 1.20 bits per heavy atom. The zero-order valence-corrected chi connectivity index (χ0v) is 14.4. The Bertz CT molecular complexity index is 670. The molecular weight excluding hydrogens is 316 g/mol. The Labute approximate surface area is 148 Å². The molecule has 6 heteroatoms. The summed E-state index contributed by atoms with van der Waals surface area (Å²) in [6.07, 6.45) is 10.6. The summed E-state index contributed by atoms with van der Waals surface area (Å²) in [5, 5.41) is 0. The van der Waals surface area contributed by atoms with E-state index in [9.17, 15) is 0 Å². The maximum Gasteiger partial charge on any atom is 0.225 e. The van der Waals surface area contributed by atoms with Crippen LogP contribution < -0.4 is 4.90 Å². The summed E-state index contributed by atoms with van der Waals surface area (Å²) in [5.74, 6) is 1.22. The number of nitrogens with zero attached hydrogens (tertiary/aromatic N) is 4. The van der Waals surface area contributed by atoms with Crippen molar-refractivity contribution < 1.29 is 9.47 Å². The van der Waals surface area contributed by atoms with Crippen LogP contribution in [0.15, 0.2) is 43.0 Å². The van der Waals surface area contributed by atoms with Crippen molar-refractivity contribution in [3.8, 4) is 0 Å². The van der Waals surface area contributed by atoms with Crippen LogP contribution in [0.4, 0.5) is 5.95 Å². The molecule has 2 fully saturated rings. The van der Waals surface area contributed by atoms with Crippen molar-refractivity contribution >= 4 is 5.95 Å². The maximum absolute atomic E-state index is 6.31. The van der Waals surface area contributed by atoms with Gasteiger partial charge in [0.1, 0.15) is 0 Å². The molecule has 0 bridgehead atoms. The minimum Gasteiger partial charge on any atom is -0.376 e. The van der Waals surface area contributed by atoms with Crippen LogP contribution in [-0.4, -0.2) is 46.9 Å². The molecule has 2 aromatic heterocycles. The molecule has 0 N–H and O–H groups in total. The van der Waals surface area contributed by atoms with E-state index in [-0.39, 0.29) is 5.60 Å². The molecule has 0 amide bonds. The Kier molecular flexibility index (Phi) is 4.90. The summed E-state index contributed by atoms with van der Waals surface area (Å²) in [6, 6.07) is 5.84. The molecule has 2 aliphatic rings. The fraction of sp³-hybridized carbons (Fsp3) is 0.526. The maximum atomic E-state index is 6.31. The van der Waals surface area contributed by atoms with Crippen LogP contribution in [0.5, 0.6) is 0 Å². The molecule has 0 radical (unpaired) electrons. The van der Waals surface area contributed by atoms with Crippen molar-refractivity contribution in [3.05, 3.63) is 48.5 Å². The number of hydrogen-bond acceptors (Lipinski definition) is 6. The van der Waals surface area contributed by atoms with Crippen LogP contribution in [0, 0.1) is 5.92 Å². The molecular formula is C19H24N4O2. The number of pyridine rings is 1. The van der Waals surface area contributed by atoms with E-state index in [2.05, 4.69) is 19.9 Å². The van der Waals surface area contributed by atoms with Crippen LogP contribution in [0.25, 0.3) is 0 Å². The summed E-state index contributed by atoms with van der Waals surface area (Å²) in [5.41, 5.74) is 1.03. The van der Waals surface area contributed by atoms with E-state index in [1.807, 2.05) is 18.2 Å². The predicted octanol–water partition coefficient (Wildman–Crippen LogP) is 2.46. The molecule has 1 saturated carbocycles. The predicted molar refractivity (Wildman–Crippen MR) is 94.2 cm³/mol. The summed E-state index contributed by atoms with van der Waals surface area (Å²) in [6.45, 7) is 3.77. The lowest BCUT2D eigenvalue weighted by Crippen LogP contribution is -2.55. The first-order chi connectivity index (χ1) is 12.4. The summed E-state index contributed by atoms with van der Waals surface area (Å²) in [4.78, 5) is 15.1. The van der Waals surface area contributed by atoms with Crippen LogP contribution in [0.3, 0.4) is 0 Å². The van der Waals surface area contributed by atoms with Gasteiger partial charge in [0.15, 0.2) is 0 Å². The lowest BCUT2D eigenvalue weighted by Gasteiger charge is -2.44. The third kappa shape index (κ3) is 3.65. The molecule has 25 heavy (non-hydrogen) atoms. The van der Waals surface area contributed by atoms with Gasteiger partial charge in [-0.15, -0.1) is 0 Å². The Morgan fingerprint density at radius 3 is 2.88 bits per heavy atom. The van der Waals surface area contributed by atoms with Gasteiger partial charge >= 0.3 is 0 Å². The van der Waals surface area contributed by atoms with Crippen molar-refractivity contribution in [2.24, 2.45) is 5.92 Å². The summed E-state index contributed by atoms with van der Waals surface area (Å²) >= 11 is 0. The van der Waals surface area contributed by atoms with Crippen molar-refractivity contribution in [1.29, 1.82) is 0 Å². The highest BCUT2D eigenvalue weighted by Gasteiger charge is 2.47. The fourth-order valence-corrected chi connectivity index (χ4v) is 3.98. The summed E-state index contributed by atoms with van der Waals surface area (Å²) < 4.78 is 12.3. The van der Waals surface area contributed by atoms with Crippen molar-refractivity contribution in [2.75, 3.05) is 31.2 Å². The number of ether oxygens (including phenoxy) is 2. The van der Waals surface area contributed by atoms with Crippen LogP contribution in [0.2, 0.25) is 0 Å². The molecule has 6 nitrogen and oxygen atoms in total. The average molecular weight is 340 g/mol. The zero-order chi connectivity index (χ0) is 17.0. The van der Waals surface area contributed by atoms with Gasteiger partial charge in [0.2, 0.25) is 5.95 Å². The van der Waals surface area contributed by atoms with E-state index in [1.165, 1.54) is 6.42 Å². The van der Waals surface area contributed by atoms with Gasteiger partial charge in [-0.05, 0) is 36.6 Å². The first-order valence-electron chi connectivity index (χ1n) is 8.98. The molecule has 2 atom stereocenters. The molecule has 3 heterocycles. The van der Waals surface area contributed by atoms with E-state index in [4.69, 9.17) is 9.47 Å². The highest BCUT2D eigenvalue weighted by atomic mass is 16.5. The zero-order valence-electron chi connectivity index (χ0n) is 14.4. The van der Waals surface area contributed by atoms with E-state index in [0.29, 0.717) is 12.5 Å². The third-order valence-corrected chi connectivity index (χ3v) is 5.28. The number of anilines is 1. The van der Waals surface area contributed by atoms with Gasteiger partial charge < -0.3 is 14.4 Å². The van der Waals surface area contributed by atoms with Gasteiger partial charge in [0, 0.05) is 37.3 Å². The smallest absolute Gasteiger partial charge is 0.225 e. The molecule has 2 aromatic rings. The van der Waals surface area contributed by atoms with Crippen molar-refractivity contribution in [1.82, 2.24) is 15.0 Å². The van der Waals surface area contributed by atoms with E-state index >= 15 is 0 Å². The molecule has 132 valence electrons. The van der Waals surface area contributed by atoms with Crippen LogP contribution in [-0.2, 0) is 16.1 Å². The SMILES string of the molecule is c1cnc(N2CCO[C@@]3(CCC[C@H]3COCc3ccncc3)C2)nc1. The largest absolute Gasteiger partial charge is 0.376 e. The number of aromatic nitrogens is 3. The van der Waals surface area contributed by atoms with Crippen molar-refractivity contribution in [2.45, 2.75) is 31.5 Å². The van der Waals surface area contributed by atoms with E-state index in [0.717, 1.165) is 50.7 Å². The molecule has 1 aliphatic carbocycles. The van der Waals surface area contributed by atoms with Gasteiger partial charge in [-0.3, -0.25) is 4.98 Å². The normalized spacial score (nSPS) is 26.2.